The first kappa shape index (κ1) is 28.1. The van der Waals surface area contributed by atoms with Crippen LogP contribution in [0.5, 0.6) is 5.75 Å². The number of aromatic nitrogens is 4. The van der Waals surface area contributed by atoms with Crippen LogP contribution >= 0.6 is 0 Å². The van der Waals surface area contributed by atoms with E-state index in [1.54, 1.807) is 12.1 Å². The van der Waals surface area contributed by atoms with E-state index in [0.717, 1.165) is 42.2 Å². The van der Waals surface area contributed by atoms with Gasteiger partial charge in [-0.1, -0.05) is 61.5 Å². The van der Waals surface area contributed by atoms with Crippen molar-refractivity contribution in [3.63, 3.8) is 0 Å². The van der Waals surface area contributed by atoms with Crippen molar-refractivity contribution in [2.24, 2.45) is 5.84 Å². The molecule has 0 spiro atoms. The van der Waals surface area contributed by atoms with E-state index < -0.39 is 0 Å². The fourth-order valence-electron chi connectivity index (χ4n) is 5.11. The molecule has 1 unspecified atom stereocenters. The zero-order chi connectivity index (χ0) is 27.9. The van der Waals surface area contributed by atoms with Crippen LogP contribution in [0.3, 0.4) is 0 Å². The van der Waals surface area contributed by atoms with Crippen molar-refractivity contribution in [1.82, 2.24) is 25.5 Å². The number of tetrazole rings is 1. The minimum atomic E-state index is 0.00423. The van der Waals surface area contributed by atoms with Crippen LogP contribution in [0.1, 0.15) is 59.0 Å². The molecule has 39 heavy (non-hydrogen) atoms. The van der Waals surface area contributed by atoms with Gasteiger partial charge in [0.05, 0.1) is 11.4 Å². The summed E-state index contributed by atoms with van der Waals surface area (Å²) in [5, 5.41) is 16.4. The second-order valence-corrected chi connectivity index (χ2v) is 9.76. The van der Waals surface area contributed by atoms with Crippen molar-refractivity contribution in [3.05, 3.63) is 93.8 Å². The normalized spacial score (nSPS) is 13.9. The third-order valence-corrected chi connectivity index (χ3v) is 7.27. The Labute approximate surface area is 231 Å². The monoisotopic (exact) mass is 528 g/mol. The van der Waals surface area contributed by atoms with E-state index in [9.17, 15) is 0 Å². The van der Waals surface area contributed by atoms with Crippen LogP contribution in [0.15, 0.2) is 54.6 Å². The number of rotatable bonds is 7. The van der Waals surface area contributed by atoms with Gasteiger partial charge in [-0.3, -0.25) is 4.90 Å². The molecule has 0 fully saturated rings. The van der Waals surface area contributed by atoms with E-state index in [1.165, 1.54) is 22.3 Å². The number of hydrazine groups is 1. The van der Waals surface area contributed by atoms with Crippen molar-refractivity contribution in [2.45, 2.75) is 53.1 Å². The highest BCUT2D eigenvalue weighted by Gasteiger charge is 2.23. The minimum Gasteiger partial charge on any atom is -0.492 e. The van der Waals surface area contributed by atoms with Crippen LogP contribution in [-0.2, 0) is 19.5 Å². The molecule has 0 saturated heterocycles. The summed E-state index contributed by atoms with van der Waals surface area (Å²) < 4.78 is 5.99. The summed E-state index contributed by atoms with van der Waals surface area (Å²) in [7, 11) is 1.79. The topological polar surface area (TPSA) is 122 Å². The molecule has 9 nitrogen and oxygen atoms in total. The van der Waals surface area contributed by atoms with Crippen LogP contribution in [0.4, 0.5) is 11.4 Å². The molecule has 0 radical (unpaired) electrons. The van der Waals surface area contributed by atoms with E-state index in [0.29, 0.717) is 24.5 Å². The summed E-state index contributed by atoms with van der Waals surface area (Å²) in [6, 6.07) is 19.1. The van der Waals surface area contributed by atoms with E-state index in [4.69, 9.17) is 16.3 Å². The summed E-state index contributed by atoms with van der Waals surface area (Å²) in [5.41, 5.74) is 15.1. The predicted octanol–water partition coefficient (Wildman–Crippen LogP) is 4.50. The van der Waals surface area contributed by atoms with Gasteiger partial charge < -0.3 is 15.5 Å². The highest BCUT2D eigenvalue weighted by atomic mass is 16.5. The van der Waals surface area contributed by atoms with Crippen molar-refractivity contribution in [1.29, 1.82) is 0 Å². The van der Waals surface area contributed by atoms with Crippen molar-refractivity contribution in [3.8, 4) is 5.75 Å². The molecule has 1 aromatic heterocycles. The molecular weight excluding hydrogens is 488 g/mol. The number of aryl methyl sites for hydroxylation is 1. The smallest absolute Gasteiger partial charge is 0.175 e. The summed E-state index contributed by atoms with van der Waals surface area (Å²) in [6.45, 7) is 11.5. The number of benzene rings is 3. The van der Waals surface area contributed by atoms with Crippen LogP contribution in [0.25, 0.3) is 0 Å². The lowest BCUT2D eigenvalue weighted by molar-refractivity contribution is 0.219. The molecule has 5 rings (SSSR count). The van der Waals surface area contributed by atoms with Crippen molar-refractivity contribution >= 4 is 11.4 Å². The molecule has 5 N–H and O–H groups in total. The molecule has 1 atom stereocenters. The Morgan fingerprint density at radius 2 is 1.90 bits per heavy atom. The first-order valence-electron chi connectivity index (χ1n) is 13.5. The fourth-order valence-corrected chi connectivity index (χ4v) is 5.11. The molecule has 1 aliphatic rings. The molecular formula is C30H40N8O. The molecule has 0 amide bonds. The van der Waals surface area contributed by atoms with Crippen molar-refractivity contribution in [2.75, 3.05) is 30.9 Å². The Kier molecular flexibility index (Phi) is 9.16. The van der Waals surface area contributed by atoms with E-state index in [1.807, 2.05) is 32.9 Å². The number of anilines is 2. The number of aromatic amines is 1. The van der Waals surface area contributed by atoms with Crippen LogP contribution < -0.4 is 21.3 Å². The third-order valence-electron chi connectivity index (χ3n) is 7.27. The maximum atomic E-state index is 6.52. The highest BCUT2D eigenvalue weighted by Crippen LogP contribution is 2.36. The Morgan fingerprint density at radius 3 is 2.64 bits per heavy atom. The number of nitrogens with zero attached hydrogens (tertiary/aromatic N) is 5. The van der Waals surface area contributed by atoms with Crippen LogP contribution in [0, 0.1) is 13.8 Å². The Balaban J connectivity index is 0.00000172. The van der Waals surface area contributed by atoms with Crippen LogP contribution in [-0.4, -0.2) is 45.7 Å². The number of nitrogens with two attached hydrogens (primary N) is 2. The number of fused-ring (bicyclic) bond motifs is 1. The molecule has 0 aliphatic carbocycles. The standard InChI is InChI=1S/C28H34N8O.C2H6/c1-18-8-9-20(14-22(18)17-36-12-13-37-26-7-5-4-6-21(26)16-36)24(15-27-31-33-34-32-27)23-10-11-25(35(3)30)28(29)19(23)2;1-2/h4-11,14,24H,12-13,15-17,29-30H2,1-3H3,(H,31,32,33,34);1-2H3. The first-order chi connectivity index (χ1) is 18.9. The molecule has 0 bridgehead atoms. The van der Waals surface area contributed by atoms with Crippen molar-refractivity contribution < 1.29 is 4.74 Å². The number of hydrogen-bond acceptors (Lipinski definition) is 8. The average molecular weight is 529 g/mol. The van der Waals surface area contributed by atoms with Gasteiger partial charge in [0.2, 0.25) is 0 Å². The van der Waals surface area contributed by atoms with E-state index >= 15 is 0 Å². The van der Waals surface area contributed by atoms with Gasteiger partial charge in [0, 0.05) is 44.6 Å². The maximum Gasteiger partial charge on any atom is 0.175 e. The lowest BCUT2D eigenvalue weighted by Crippen LogP contribution is -2.26. The summed E-state index contributed by atoms with van der Waals surface area (Å²) in [5.74, 6) is 7.65. The van der Waals surface area contributed by atoms with Gasteiger partial charge >= 0.3 is 0 Å². The quantitative estimate of drug-likeness (QED) is 0.182. The zero-order valence-corrected chi connectivity index (χ0v) is 23.6. The summed E-state index contributed by atoms with van der Waals surface area (Å²) in [6.07, 6.45) is 0.599. The molecule has 1 aliphatic heterocycles. The van der Waals surface area contributed by atoms with Gasteiger partial charge in [-0.15, -0.1) is 10.2 Å². The minimum absolute atomic E-state index is 0.00423. The number of hydrogen-bond donors (Lipinski definition) is 3. The molecule has 9 heteroatoms. The largest absolute Gasteiger partial charge is 0.492 e. The van der Waals surface area contributed by atoms with Gasteiger partial charge in [-0.05, 0) is 53.8 Å². The maximum absolute atomic E-state index is 6.52. The lowest BCUT2D eigenvalue weighted by atomic mass is 9.83. The third kappa shape index (κ3) is 6.38. The highest BCUT2D eigenvalue weighted by molar-refractivity contribution is 5.72. The molecule has 4 aromatic rings. The number of ether oxygens (including phenoxy) is 1. The Hall–Kier alpha value is -3.95. The second kappa shape index (κ2) is 12.7. The average Bonchev–Trinajstić information content (AvgIpc) is 3.37. The number of H-pyrrole nitrogens is 1. The van der Waals surface area contributed by atoms with E-state index in [-0.39, 0.29) is 5.92 Å². The number of nitrogens with one attached hydrogen (secondary N) is 1. The van der Waals surface area contributed by atoms with Gasteiger partial charge in [-0.2, -0.15) is 5.21 Å². The molecule has 0 saturated carbocycles. The first-order valence-corrected chi connectivity index (χ1v) is 13.5. The van der Waals surface area contributed by atoms with E-state index in [2.05, 4.69) is 74.9 Å². The summed E-state index contributed by atoms with van der Waals surface area (Å²) in [4.78, 5) is 2.45. The molecule has 2 heterocycles. The molecule has 206 valence electrons. The summed E-state index contributed by atoms with van der Waals surface area (Å²) >= 11 is 0. The van der Waals surface area contributed by atoms with Gasteiger partial charge in [0.25, 0.3) is 0 Å². The molecule has 3 aromatic carbocycles. The zero-order valence-electron chi connectivity index (χ0n) is 23.6. The van der Waals surface area contributed by atoms with Gasteiger partial charge in [0.1, 0.15) is 12.4 Å². The Bertz CT molecular complexity index is 1370. The van der Waals surface area contributed by atoms with Gasteiger partial charge in [-0.25, -0.2) is 5.84 Å². The Morgan fingerprint density at radius 1 is 1.10 bits per heavy atom. The van der Waals surface area contributed by atoms with Crippen LogP contribution in [0.2, 0.25) is 0 Å². The SMILES string of the molecule is CC.Cc1ccc(C(Cc2nn[nH]n2)c2ccc(N(C)N)c(N)c2C)cc1CN1CCOc2ccccc2C1. The number of nitrogen functional groups attached to an aromatic ring is 1. The fraction of sp³-hybridized carbons (Fsp3) is 0.367. The van der Waals surface area contributed by atoms with Gasteiger partial charge in [0.15, 0.2) is 5.82 Å². The lowest BCUT2D eigenvalue weighted by Gasteiger charge is -2.25. The number of para-hydroxylation sites is 1. The second-order valence-electron chi connectivity index (χ2n) is 9.76. The predicted molar refractivity (Wildman–Crippen MR) is 156 cm³/mol.